The van der Waals surface area contributed by atoms with Crippen LogP contribution in [0.4, 0.5) is 0 Å². The topological polar surface area (TPSA) is 15.3 Å². The molecule has 0 unspecified atom stereocenters. The molecular weight excluding hydrogens is 228 g/mol. The minimum Gasteiger partial charge on any atom is -0.305 e. The van der Waals surface area contributed by atoms with Gasteiger partial charge in [0.2, 0.25) is 0 Å². The van der Waals surface area contributed by atoms with E-state index < -0.39 is 0 Å². The van der Waals surface area contributed by atoms with Crippen LogP contribution in [0, 0.1) is 0 Å². The Morgan fingerprint density at radius 2 is 2.40 bits per heavy atom. The Hall–Kier alpha value is -0.0900. The molecule has 1 fully saturated rings. The molecule has 0 amide bonds. The number of nitrogens with zero attached hydrogens (tertiary/aromatic N) is 1. The molecule has 0 radical (unpaired) electrons. The highest BCUT2D eigenvalue weighted by atomic mass is 35.5. The largest absolute Gasteiger partial charge is 0.305 e. The predicted octanol–water partition coefficient (Wildman–Crippen LogP) is 2.76. The van der Waals surface area contributed by atoms with Crippen molar-refractivity contribution in [3.8, 4) is 0 Å². The van der Waals surface area contributed by atoms with Crippen molar-refractivity contribution in [2.45, 2.75) is 25.4 Å². The number of likely N-dealkylation sites (tertiary alicyclic amines) is 1. The third-order valence-corrected chi connectivity index (χ3v) is 4.31. The number of thiophene rings is 1. The lowest BCUT2D eigenvalue weighted by atomic mass is 10.2. The van der Waals surface area contributed by atoms with E-state index in [0.29, 0.717) is 12.1 Å². The van der Waals surface area contributed by atoms with Gasteiger partial charge in [-0.1, -0.05) is 11.6 Å². The van der Waals surface area contributed by atoms with Crippen molar-refractivity contribution in [2.24, 2.45) is 0 Å². The van der Waals surface area contributed by atoms with Gasteiger partial charge in [-0.2, -0.15) is 0 Å². The maximum absolute atomic E-state index is 5.93. The molecule has 15 heavy (non-hydrogen) atoms. The van der Waals surface area contributed by atoms with E-state index in [9.17, 15) is 0 Å². The van der Waals surface area contributed by atoms with Crippen molar-refractivity contribution < 1.29 is 0 Å². The van der Waals surface area contributed by atoms with Gasteiger partial charge in [-0.3, -0.25) is 0 Å². The first-order chi connectivity index (χ1) is 7.15. The Morgan fingerprint density at radius 3 is 2.93 bits per heavy atom. The first-order valence-electron chi connectivity index (χ1n) is 5.35. The Kier molecular flexibility index (Phi) is 3.67. The average molecular weight is 245 g/mol. The van der Waals surface area contributed by atoms with E-state index in [-0.39, 0.29) is 0 Å². The predicted molar refractivity (Wildman–Crippen MR) is 66.8 cm³/mol. The number of hydrogen-bond acceptors (Lipinski definition) is 3. The SMILES string of the molecule is C[C@@H](N[C@H]1CCN(C)C1)c1ccc(Cl)s1. The van der Waals surface area contributed by atoms with E-state index in [4.69, 9.17) is 11.6 Å². The van der Waals surface area contributed by atoms with Gasteiger partial charge in [-0.15, -0.1) is 11.3 Å². The molecule has 84 valence electrons. The number of rotatable bonds is 3. The third kappa shape index (κ3) is 2.94. The van der Waals surface area contributed by atoms with Crippen molar-refractivity contribution in [1.29, 1.82) is 0 Å². The number of hydrogen-bond donors (Lipinski definition) is 1. The first kappa shape index (κ1) is 11.4. The van der Waals surface area contributed by atoms with Gasteiger partial charge in [0.25, 0.3) is 0 Å². The van der Waals surface area contributed by atoms with Crippen LogP contribution in [-0.4, -0.2) is 31.1 Å². The fourth-order valence-corrected chi connectivity index (χ4v) is 3.14. The first-order valence-corrected chi connectivity index (χ1v) is 6.54. The van der Waals surface area contributed by atoms with E-state index in [2.05, 4.69) is 30.3 Å². The maximum Gasteiger partial charge on any atom is 0.0931 e. The highest BCUT2D eigenvalue weighted by Crippen LogP contribution is 2.27. The lowest BCUT2D eigenvalue weighted by Gasteiger charge is -2.18. The molecule has 0 saturated carbocycles. The zero-order chi connectivity index (χ0) is 10.8. The molecule has 2 rings (SSSR count). The summed E-state index contributed by atoms with van der Waals surface area (Å²) in [6, 6.07) is 5.13. The van der Waals surface area contributed by atoms with Crippen LogP contribution >= 0.6 is 22.9 Å². The molecule has 1 saturated heterocycles. The molecule has 0 aliphatic carbocycles. The monoisotopic (exact) mass is 244 g/mol. The molecule has 1 aromatic heterocycles. The van der Waals surface area contributed by atoms with E-state index in [1.165, 1.54) is 17.8 Å². The lowest BCUT2D eigenvalue weighted by Crippen LogP contribution is -2.33. The average Bonchev–Trinajstić information content (AvgIpc) is 2.75. The second-order valence-corrected chi connectivity index (χ2v) is 6.02. The fraction of sp³-hybridized carbons (Fsp3) is 0.636. The summed E-state index contributed by atoms with van der Waals surface area (Å²) in [4.78, 5) is 3.70. The summed E-state index contributed by atoms with van der Waals surface area (Å²) in [5, 5.41) is 3.65. The van der Waals surface area contributed by atoms with Gasteiger partial charge in [-0.05, 0) is 39.1 Å². The molecule has 1 N–H and O–H groups in total. The summed E-state index contributed by atoms with van der Waals surface area (Å²) in [6.07, 6.45) is 1.25. The molecule has 2 nitrogen and oxygen atoms in total. The number of nitrogens with one attached hydrogen (secondary N) is 1. The van der Waals surface area contributed by atoms with Crippen molar-refractivity contribution in [3.63, 3.8) is 0 Å². The van der Waals surface area contributed by atoms with Crippen LogP contribution in [0.5, 0.6) is 0 Å². The number of halogens is 1. The van der Waals surface area contributed by atoms with Gasteiger partial charge in [0.15, 0.2) is 0 Å². The minimum atomic E-state index is 0.416. The van der Waals surface area contributed by atoms with Crippen LogP contribution in [0.3, 0.4) is 0 Å². The van der Waals surface area contributed by atoms with Crippen molar-refractivity contribution in [2.75, 3.05) is 20.1 Å². The standard InChI is InChI=1S/C11H17ClN2S/c1-8(10-3-4-11(12)15-10)13-9-5-6-14(2)7-9/h3-4,8-9,13H,5-7H2,1-2H3/t8-,9+/m1/s1. The van der Waals surface area contributed by atoms with Crippen LogP contribution in [0.25, 0.3) is 0 Å². The Morgan fingerprint density at radius 1 is 1.60 bits per heavy atom. The van der Waals surface area contributed by atoms with Gasteiger partial charge < -0.3 is 10.2 Å². The Balaban J connectivity index is 1.89. The molecule has 1 aromatic rings. The zero-order valence-corrected chi connectivity index (χ0v) is 10.7. The summed E-state index contributed by atoms with van der Waals surface area (Å²) in [6.45, 7) is 4.57. The van der Waals surface area contributed by atoms with E-state index in [1.807, 2.05) is 6.07 Å². The minimum absolute atomic E-state index is 0.416. The highest BCUT2D eigenvalue weighted by molar-refractivity contribution is 7.16. The van der Waals surface area contributed by atoms with Crippen LogP contribution in [0.2, 0.25) is 4.34 Å². The van der Waals surface area contributed by atoms with E-state index in [0.717, 1.165) is 10.9 Å². The maximum atomic E-state index is 5.93. The van der Waals surface area contributed by atoms with Crippen LogP contribution in [-0.2, 0) is 0 Å². The molecule has 1 aliphatic heterocycles. The molecule has 2 heterocycles. The molecule has 0 bridgehead atoms. The van der Waals surface area contributed by atoms with Gasteiger partial charge in [0, 0.05) is 23.5 Å². The summed E-state index contributed by atoms with van der Waals surface area (Å²) in [7, 11) is 2.17. The summed E-state index contributed by atoms with van der Waals surface area (Å²) >= 11 is 7.60. The fourth-order valence-electron chi connectivity index (χ4n) is 2.07. The molecule has 0 spiro atoms. The highest BCUT2D eigenvalue weighted by Gasteiger charge is 2.21. The van der Waals surface area contributed by atoms with Gasteiger partial charge in [0.1, 0.15) is 0 Å². The van der Waals surface area contributed by atoms with Crippen molar-refractivity contribution >= 4 is 22.9 Å². The van der Waals surface area contributed by atoms with Crippen LogP contribution < -0.4 is 5.32 Å². The van der Waals surface area contributed by atoms with Crippen LogP contribution in [0.15, 0.2) is 12.1 Å². The normalized spacial score (nSPS) is 24.6. The summed E-state index contributed by atoms with van der Waals surface area (Å²) < 4.78 is 0.877. The van der Waals surface area contributed by atoms with Crippen molar-refractivity contribution in [3.05, 3.63) is 21.3 Å². The quantitative estimate of drug-likeness (QED) is 0.880. The van der Waals surface area contributed by atoms with Gasteiger partial charge >= 0.3 is 0 Å². The molecule has 0 aromatic carbocycles. The summed E-state index contributed by atoms with van der Waals surface area (Å²) in [5.74, 6) is 0. The second-order valence-electron chi connectivity index (χ2n) is 4.28. The smallest absolute Gasteiger partial charge is 0.0931 e. The van der Waals surface area contributed by atoms with Gasteiger partial charge in [-0.25, -0.2) is 0 Å². The Bertz CT molecular complexity index is 326. The molecule has 4 heteroatoms. The van der Waals surface area contributed by atoms with E-state index >= 15 is 0 Å². The molecular formula is C11H17ClN2S. The van der Waals surface area contributed by atoms with E-state index in [1.54, 1.807) is 11.3 Å². The van der Waals surface area contributed by atoms with Crippen molar-refractivity contribution in [1.82, 2.24) is 10.2 Å². The zero-order valence-electron chi connectivity index (χ0n) is 9.16. The summed E-state index contributed by atoms with van der Waals surface area (Å²) in [5.41, 5.74) is 0. The Labute approximate surface area is 100 Å². The molecule has 1 aliphatic rings. The van der Waals surface area contributed by atoms with Crippen LogP contribution in [0.1, 0.15) is 24.3 Å². The van der Waals surface area contributed by atoms with Gasteiger partial charge in [0.05, 0.1) is 4.34 Å². The third-order valence-electron chi connectivity index (χ3n) is 2.90. The number of likely N-dealkylation sites (N-methyl/N-ethyl adjacent to an activating group) is 1. The lowest BCUT2D eigenvalue weighted by molar-refractivity contribution is 0.388. The second kappa shape index (κ2) is 4.83. The molecule has 2 atom stereocenters.